The van der Waals surface area contributed by atoms with Gasteiger partial charge in [0.05, 0.1) is 4.92 Å². The van der Waals surface area contributed by atoms with Crippen molar-refractivity contribution < 1.29 is 13.3 Å². The van der Waals surface area contributed by atoms with Gasteiger partial charge in [-0.25, -0.2) is 13.1 Å². The first-order valence-corrected chi connectivity index (χ1v) is 7.81. The SMILES string of the molecule is CCN[C@H](C)CNS(=O)(=O)c1ccc(Cl)cc1[N+](=O)[O-].Cl. The molecule has 2 N–H and O–H groups in total. The third-order valence-corrected chi connectivity index (χ3v) is 4.25. The molecule has 1 aromatic carbocycles. The van der Waals surface area contributed by atoms with E-state index < -0.39 is 25.5 Å². The molecule has 0 saturated carbocycles. The Kier molecular flexibility index (Phi) is 8.12. The zero-order valence-electron chi connectivity index (χ0n) is 11.5. The first-order valence-electron chi connectivity index (χ1n) is 5.95. The summed E-state index contributed by atoms with van der Waals surface area (Å²) >= 11 is 5.65. The molecule has 0 aromatic heterocycles. The van der Waals surface area contributed by atoms with Crippen LogP contribution in [0.5, 0.6) is 0 Å². The van der Waals surface area contributed by atoms with E-state index in [9.17, 15) is 18.5 Å². The van der Waals surface area contributed by atoms with Crippen molar-refractivity contribution in [1.82, 2.24) is 10.0 Å². The second-order valence-electron chi connectivity index (χ2n) is 4.18. The van der Waals surface area contributed by atoms with Crippen LogP contribution in [-0.4, -0.2) is 32.5 Å². The minimum Gasteiger partial charge on any atom is -0.313 e. The Morgan fingerprint density at radius 2 is 2.05 bits per heavy atom. The maximum Gasteiger partial charge on any atom is 0.290 e. The minimum atomic E-state index is -3.96. The van der Waals surface area contributed by atoms with Crippen molar-refractivity contribution in [3.8, 4) is 0 Å². The van der Waals surface area contributed by atoms with Gasteiger partial charge in [-0.05, 0) is 25.6 Å². The van der Waals surface area contributed by atoms with Gasteiger partial charge in [-0.3, -0.25) is 10.1 Å². The Labute approximate surface area is 134 Å². The molecular formula is C11H17Cl2N3O4S. The average Bonchev–Trinajstić information content (AvgIpc) is 2.36. The number of likely N-dealkylation sites (N-methyl/N-ethyl adjacent to an activating group) is 1. The summed E-state index contributed by atoms with van der Waals surface area (Å²) in [5, 5.41) is 14.0. The van der Waals surface area contributed by atoms with Gasteiger partial charge in [0.2, 0.25) is 10.0 Å². The molecule has 0 unspecified atom stereocenters. The van der Waals surface area contributed by atoms with Crippen LogP contribution in [0.3, 0.4) is 0 Å². The van der Waals surface area contributed by atoms with Gasteiger partial charge in [0.15, 0.2) is 4.90 Å². The molecule has 0 spiro atoms. The van der Waals surface area contributed by atoms with Gasteiger partial charge in [-0.1, -0.05) is 18.5 Å². The molecule has 21 heavy (non-hydrogen) atoms. The summed E-state index contributed by atoms with van der Waals surface area (Å²) in [4.78, 5) is 9.74. The van der Waals surface area contributed by atoms with Crippen molar-refractivity contribution in [2.24, 2.45) is 0 Å². The Hall–Kier alpha value is -0.930. The lowest BCUT2D eigenvalue weighted by molar-refractivity contribution is -0.387. The smallest absolute Gasteiger partial charge is 0.290 e. The fraction of sp³-hybridized carbons (Fsp3) is 0.455. The van der Waals surface area contributed by atoms with E-state index in [1.54, 1.807) is 0 Å². The monoisotopic (exact) mass is 357 g/mol. The molecule has 1 aromatic rings. The van der Waals surface area contributed by atoms with Crippen LogP contribution in [0.15, 0.2) is 23.1 Å². The maximum absolute atomic E-state index is 12.1. The number of hydrogen-bond donors (Lipinski definition) is 2. The number of benzene rings is 1. The molecule has 1 rings (SSSR count). The van der Waals surface area contributed by atoms with Crippen molar-refractivity contribution in [3.05, 3.63) is 33.3 Å². The Morgan fingerprint density at radius 3 is 2.57 bits per heavy atom. The Bertz CT molecular complexity index is 595. The van der Waals surface area contributed by atoms with Crippen molar-refractivity contribution in [1.29, 1.82) is 0 Å². The Balaban J connectivity index is 0.00000400. The van der Waals surface area contributed by atoms with E-state index in [-0.39, 0.29) is 30.0 Å². The maximum atomic E-state index is 12.1. The molecule has 120 valence electrons. The number of nitro benzene ring substituents is 1. The summed E-state index contributed by atoms with van der Waals surface area (Å²) in [6.45, 7) is 4.54. The highest BCUT2D eigenvalue weighted by Gasteiger charge is 2.26. The summed E-state index contributed by atoms with van der Waals surface area (Å²) in [5.41, 5.74) is -0.541. The van der Waals surface area contributed by atoms with Crippen molar-refractivity contribution in [3.63, 3.8) is 0 Å². The van der Waals surface area contributed by atoms with E-state index in [2.05, 4.69) is 10.0 Å². The highest BCUT2D eigenvalue weighted by atomic mass is 35.5. The molecular weight excluding hydrogens is 341 g/mol. The molecule has 0 saturated heterocycles. The van der Waals surface area contributed by atoms with Gasteiger partial charge in [-0.2, -0.15) is 0 Å². The predicted molar refractivity (Wildman–Crippen MR) is 83.7 cm³/mol. The lowest BCUT2D eigenvalue weighted by atomic mass is 10.3. The number of nitrogens with one attached hydrogen (secondary N) is 2. The first kappa shape index (κ1) is 20.1. The fourth-order valence-electron chi connectivity index (χ4n) is 1.59. The van der Waals surface area contributed by atoms with Crippen LogP contribution in [0.1, 0.15) is 13.8 Å². The number of rotatable bonds is 7. The van der Waals surface area contributed by atoms with Crippen LogP contribution < -0.4 is 10.0 Å². The zero-order valence-corrected chi connectivity index (χ0v) is 13.9. The van der Waals surface area contributed by atoms with Gasteiger partial charge >= 0.3 is 0 Å². The summed E-state index contributed by atoms with van der Waals surface area (Å²) in [5.74, 6) is 0. The molecule has 10 heteroatoms. The quantitative estimate of drug-likeness (QED) is 0.573. The highest BCUT2D eigenvalue weighted by Crippen LogP contribution is 2.26. The van der Waals surface area contributed by atoms with Crippen LogP contribution in [0.2, 0.25) is 5.02 Å². The Morgan fingerprint density at radius 1 is 1.43 bits per heavy atom. The van der Waals surface area contributed by atoms with Gasteiger partial charge in [0.25, 0.3) is 5.69 Å². The number of hydrogen-bond acceptors (Lipinski definition) is 5. The van der Waals surface area contributed by atoms with Crippen LogP contribution in [0, 0.1) is 10.1 Å². The standard InChI is InChI=1S/C11H16ClN3O4S.ClH/c1-3-13-8(2)7-14-20(18,19)11-5-4-9(12)6-10(11)15(16)17;/h4-6,8,13-14H,3,7H2,1-2H3;1H/t8-;/m1./s1. The van der Waals surface area contributed by atoms with Crippen molar-refractivity contribution in [2.75, 3.05) is 13.1 Å². The molecule has 0 fully saturated rings. The molecule has 0 amide bonds. The summed E-state index contributed by atoms with van der Waals surface area (Å²) in [6.07, 6.45) is 0. The summed E-state index contributed by atoms with van der Waals surface area (Å²) in [7, 11) is -3.96. The van der Waals surface area contributed by atoms with Crippen molar-refractivity contribution >= 4 is 39.7 Å². The number of halogens is 2. The largest absolute Gasteiger partial charge is 0.313 e. The molecule has 7 nitrogen and oxygen atoms in total. The number of nitrogens with zero attached hydrogens (tertiary/aromatic N) is 1. The number of nitro groups is 1. The van der Waals surface area contributed by atoms with Gasteiger partial charge < -0.3 is 5.32 Å². The average molecular weight is 358 g/mol. The van der Waals surface area contributed by atoms with Crippen LogP contribution in [0.25, 0.3) is 0 Å². The lowest BCUT2D eigenvalue weighted by Gasteiger charge is -2.13. The van der Waals surface area contributed by atoms with Gasteiger partial charge in [-0.15, -0.1) is 12.4 Å². The van der Waals surface area contributed by atoms with Gasteiger partial charge in [0, 0.05) is 23.7 Å². The highest BCUT2D eigenvalue weighted by molar-refractivity contribution is 7.89. The molecule has 0 aliphatic carbocycles. The van der Waals surface area contributed by atoms with E-state index in [4.69, 9.17) is 11.6 Å². The summed E-state index contributed by atoms with van der Waals surface area (Å²) < 4.78 is 26.5. The molecule has 0 bridgehead atoms. The van der Waals surface area contributed by atoms with Crippen LogP contribution in [-0.2, 0) is 10.0 Å². The van der Waals surface area contributed by atoms with Gasteiger partial charge in [0.1, 0.15) is 0 Å². The molecule has 0 radical (unpaired) electrons. The molecule has 0 aliphatic rings. The van der Waals surface area contributed by atoms with Crippen LogP contribution >= 0.6 is 24.0 Å². The summed E-state index contributed by atoms with van der Waals surface area (Å²) in [6, 6.07) is 3.36. The second kappa shape index (κ2) is 8.50. The second-order valence-corrected chi connectivity index (χ2v) is 6.35. The number of sulfonamides is 1. The fourth-order valence-corrected chi connectivity index (χ4v) is 3.04. The zero-order chi connectivity index (χ0) is 15.3. The topological polar surface area (TPSA) is 101 Å². The van der Waals surface area contributed by atoms with E-state index >= 15 is 0 Å². The normalized spacial score (nSPS) is 12.5. The van der Waals surface area contributed by atoms with E-state index in [1.807, 2.05) is 13.8 Å². The van der Waals surface area contributed by atoms with Crippen LogP contribution in [0.4, 0.5) is 5.69 Å². The third-order valence-electron chi connectivity index (χ3n) is 2.54. The molecule has 1 atom stereocenters. The third kappa shape index (κ3) is 5.76. The lowest BCUT2D eigenvalue weighted by Crippen LogP contribution is -2.38. The van der Waals surface area contributed by atoms with Crippen molar-refractivity contribution in [2.45, 2.75) is 24.8 Å². The molecule has 0 aliphatic heterocycles. The van der Waals surface area contributed by atoms with E-state index in [0.717, 1.165) is 12.1 Å². The van der Waals surface area contributed by atoms with E-state index in [1.165, 1.54) is 6.07 Å². The predicted octanol–water partition coefficient (Wildman–Crippen LogP) is 1.95. The molecule has 0 heterocycles. The van der Waals surface area contributed by atoms with E-state index in [0.29, 0.717) is 6.54 Å². The first-order chi connectivity index (χ1) is 9.27. The minimum absolute atomic E-state index is 0.